The maximum atomic E-state index is 13.7. The van der Waals surface area contributed by atoms with Crippen LogP contribution in [0.3, 0.4) is 0 Å². The average molecular weight is 367 g/mol. The fraction of sp³-hybridized carbons (Fsp3) is 0. The number of hydrogen-bond donors (Lipinski definition) is 2. The van der Waals surface area contributed by atoms with Crippen molar-refractivity contribution in [2.75, 3.05) is 10.6 Å². The molecule has 0 atom stereocenters. The van der Waals surface area contributed by atoms with Crippen LogP contribution in [-0.4, -0.2) is 10.9 Å². The third-order valence-electron chi connectivity index (χ3n) is 3.49. The van der Waals surface area contributed by atoms with Crippen LogP contribution in [0.15, 0.2) is 73.4 Å². The Morgan fingerprint density at radius 2 is 1.85 bits per heavy atom. The van der Waals surface area contributed by atoms with E-state index in [-0.39, 0.29) is 11.7 Å². The second-order valence-corrected chi connectivity index (χ2v) is 5.42. The second-order valence-electron chi connectivity index (χ2n) is 5.42. The van der Waals surface area contributed by atoms with Crippen LogP contribution in [-0.2, 0) is 4.79 Å². The van der Waals surface area contributed by atoms with E-state index in [2.05, 4.69) is 22.2 Å². The summed E-state index contributed by atoms with van der Waals surface area (Å²) in [6.07, 6.45) is 2.64. The Balaban J connectivity index is 1.80. The predicted molar refractivity (Wildman–Crippen MR) is 99.2 cm³/mol. The molecule has 0 saturated heterocycles. The van der Waals surface area contributed by atoms with Crippen molar-refractivity contribution in [1.29, 1.82) is 0 Å². The van der Waals surface area contributed by atoms with Crippen molar-refractivity contribution in [2.24, 2.45) is 0 Å². The summed E-state index contributed by atoms with van der Waals surface area (Å²) >= 11 is 0. The first-order chi connectivity index (χ1) is 13.0. The number of hydrogen-bond acceptors (Lipinski definition) is 4. The summed E-state index contributed by atoms with van der Waals surface area (Å²) in [7, 11) is 0. The molecule has 5 nitrogen and oxygen atoms in total. The van der Waals surface area contributed by atoms with Crippen LogP contribution in [0.2, 0.25) is 0 Å². The van der Waals surface area contributed by atoms with Crippen LogP contribution in [0, 0.1) is 11.6 Å². The highest BCUT2D eigenvalue weighted by atomic mass is 19.1. The van der Waals surface area contributed by atoms with Crippen LogP contribution in [0.5, 0.6) is 11.5 Å². The van der Waals surface area contributed by atoms with Gasteiger partial charge in [-0.05, 0) is 36.4 Å². The van der Waals surface area contributed by atoms with Crippen molar-refractivity contribution < 1.29 is 18.3 Å². The maximum Gasteiger partial charge on any atom is 0.247 e. The van der Waals surface area contributed by atoms with Crippen molar-refractivity contribution in [3.63, 3.8) is 0 Å². The number of nitrogens with one attached hydrogen (secondary N) is 2. The summed E-state index contributed by atoms with van der Waals surface area (Å²) < 4.78 is 32.2. The van der Waals surface area contributed by atoms with Crippen LogP contribution >= 0.6 is 0 Å². The van der Waals surface area contributed by atoms with E-state index < -0.39 is 11.6 Å². The van der Waals surface area contributed by atoms with E-state index in [1.54, 1.807) is 36.4 Å². The lowest BCUT2D eigenvalue weighted by molar-refractivity contribution is -0.111. The van der Waals surface area contributed by atoms with Gasteiger partial charge in [-0.3, -0.25) is 4.79 Å². The molecule has 2 aromatic carbocycles. The SMILES string of the molecule is C=CC(=O)Nc1ccccc1Nc1cc(Oc2ccc(F)cc2F)ccn1. The lowest BCUT2D eigenvalue weighted by Gasteiger charge is -2.13. The molecule has 0 unspecified atom stereocenters. The van der Waals surface area contributed by atoms with Crippen molar-refractivity contribution in [3.05, 3.63) is 85.1 Å². The number of carbonyl (C=O) groups is 1. The highest BCUT2D eigenvalue weighted by Gasteiger charge is 2.09. The molecule has 0 radical (unpaired) electrons. The number of benzene rings is 2. The van der Waals surface area contributed by atoms with E-state index in [0.717, 1.165) is 12.1 Å². The Labute approximate surface area is 154 Å². The van der Waals surface area contributed by atoms with Gasteiger partial charge in [0, 0.05) is 18.3 Å². The Hall–Kier alpha value is -3.74. The summed E-state index contributed by atoms with van der Waals surface area (Å²) in [5, 5.41) is 5.74. The molecule has 0 bridgehead atoms. The number of amides is 1. The number of halogens is 2. The number of ether oxygens (including phenoxy) is 1. The maximum absolute atomic E-state index is 13.7. The Morgan fingerprint density at radius 3 is 2.59 bits per heavy atom. The second kappa shape index (κ2) is 8.09. The molecule has 0 spiro atoms. The quantitative estimate of drug-likeness (QED) is 0.601. The van der Waals surface area contributed by atoms with Gasteiger partial charge in [0.2, 0.25) is 5.91 Å². The number of rotatable bonds is 6. The molecular weight excluding hydrogens is 352 g/mol. The molecule has 7 heteroatoms. The number of carbonyl (C=O) groups excluding carboxylic acids is 1. The topological polar surface area (TPSA) is 63.2 Å². The molecular formula is C20H15F2N3O2. The van der Waals surface area contributed by atoms with Gasteiger partial charge >= 0.3 is 0 Å². The molecule has 1 heterocycles. The van der Waals surface area contributed by atoms with E-state index in [1.807, 2.05) is 0 Å². The van der Waals surface area contributed by atoms with Crippen LogP contribution in [0.4, 0.5) is 26.0 Å². The zero-order valence-electron chi connectivity index (χ0n) is 14.1. The fourth-order valence-corrected chi connectivity index (χ4v) is 2.25. The molecule has 0 aliphatic rings. The Morgan fingerprint density at radius 1 is 1.07 bits per heavy atom. The zero-order chi connectivity index (χ0) is 19.2. The summed E-state index contributed by atoms with van der Waals surface area (Å²) in [4.78, 5) is 15.7. The number of pyridine rings is 1. The largest absolute Gasteiger partial charge is 0.454 e. The van der Waals surface area contributed by atoms with E-state index in [4.69, 9.17) is 4.74 Å². The van der Waals surface area contributed by atoms with Gasteiger partial charge in [-0.2, -0.15) is 0 Å². The summed E-state index contributed by atoms with van der Waals surface area (Å²) in [6, 6.07) is 13.2. The summed E-state index contributed by atoms with van der Waals surface area (Å²) in [5.74, 6) is -1.22. The third kappa shape index (κ3) is 4.66. The molecule has 2 N–H and O–H groups in total. The van der Waals surface area contributed by atoms with Gasteiger partial charge in [0.1, 0.15) is 17.4 Å². The minimum atomic E-state index is -0.807. The first-order valence-corrected chi connectivity index (χ1v) is 7.93. The molecule has 0 aliphatic carbocycles. The molecule has 136 valence electrons. The number of anilines is 3. The van der Waals surface area contributed by atoms with Crippen molar-refractivity contribution in [2.45, 2.75) is 0 Å². The normalized spacial score (nSPS) is 10.1. The van der Waals surface area contributed by atoms with Crippen LogP contribution in [0.25, 0.3) is 0 Å². The van der Waals surface area contributed by atoms with Crippen LogP contribution in [0.1, 0.15) is 0 Å². The summed E-state index contributed by atoms with van der Waals surface area (Å²) in [6.45, 7) is 3.42. The highest BCUT2D eigenvalue weighted by molar-refractivity contribution is 6.01. The standard InChI is InChI=1S/C20H15F2N3O2/c1-2-20(26)25-17-6-4-3-5-16(17)24-19-12-14(9-10-23-19)27-18-8-7-13(21)11-15(18)22/h2-12H,1H2,(H,23,24)(H,25,26). The molecule has 1 amide bonds. The van der Waals surface area contributed by atoms with Gasteiger partial charge in [0.25, 0.3) is 0 Å². The molecule has 3 aromatic rings. The Bertz CT molecular complexity index is 992. The van der Waals surface area contributed by atoms with Gasteiger partial charge in [0.15, 0.2) is 11.6 Å². The van der Waals surface area contributed by atoms with E-state index in [0.29, 0.717) is 22.9 Å². The molecule has 27 heavy (non-hydrogen) atoms. The third-order valence-corrected chi connectivity index (χ3v) is 3.49. The number of nitrogens with zero attached hydrogens (tertiary/aromatic N) is 1. The number of aromatic nitrogens is 1. The molecule has 1 aromatic heterocycles. The summed E-state index contributed by atoms with van der Waals surface area (Å²) in [5.41, 5.74) is 1.14. The monoisotopic (exact) mass is 367 g/mol. The number of para-hydroxylation sites is 2. The average Bonchev–Trinajstić information content (AvgIpc) is 2.66. The highest BCUT2D eigenvalue weighted by Crippen LogP contribution is 2.29. The van der Waals surface area contributed by atoms with Crippen molar-refractivity contribution >= 4 is 23.1 Å². The first kappa shape index (κ1) is 18.1. The van der Waals surface area contributed by atoms with Gasteiger partial charge < -0.3 is 15.4 Å². The molecule has 0 aliphatic heterocycles. The van der Waals surface area contributed by atoms with Gasteiger partial charge in [-0.1, -0.05) is 18.7 Å². The molecule has 3 rings (SSSR count). The fourth-order valence-electron chi connectivity index (χ4n) is 2.25. The zero-order valence-corrected chi connectivity index (χ0v) is 14.1. The lowest BCUT2D eigenvalue weighted by atomic mass is 10.2. The van der Waals surface area contributed by atoms with Crippen molar-refractivity contribution in [3.8, 4) is 11.5 Å². The van der Waals surface area contributed by atoms with Crippen LogP contribution < -0.4 is 15.4 Å². The smallest absolute Gasteiger partial charge is 0.247 e. The van der Waals surface area contributed by atoms with Gasteiger partial charge in [0.05, 0.1) is 11.4 Å². The van der Waals surface area contributed by atoms with Gasteiger partial charge in [-0.25, -0.2) is 13.8 Å². The van der Waals surface area contributed by atoms with E-state index in [9.17, 15) is 13.6 Å². The predicted octanol–water partition coefficient (Wildman–Crippen LogP) is 5.02. The minimum absolute atomic E-state index is 0.104. The van der Waals surface area contributed by atoms with Crippen molar-refractivity contribution in [1.82, 2.24) is 4.98 Å². The van der Waals surface area contributed by atoms with E-state index in [1.165, 1.54) is 18.3 Å². The van der Waals surface area contributed by atoms with Gasteiger partial charge in [-0.15, -0.1) is 0 Å². The molecule has 0 fully saturated rings. The Kier molecular flexibility index (Phi) is 5.41. The van der Waals surface area contributed by atoms with E-state index >= 15 is 0 Å². The minimum Gasteiger partial charge on any atom is -0.454 e. The lowest BCUT2D eigenvalue weighted by Crippen LogP contribution is -2.09. The first-order valence-electron chi connectivity index (χ1n) is 7.93. The molecule has 0 saturated carbocycles.